The van der Waals surface area contributed by atoms with Crippen molar-refractivity contribution in [3.63, 3.8) is 0 Å². The second-order valence-corrected chi connectivity index (χ2v) is 4.94. The lowest BCUT2D eigenvalue weighted by Gasteiger charge is -2.13. The number of benzene rings is 1. The van der Waals surface area contributed by atoms with E-state index in [1.165, 1.54) is 12.8 Å². The predicted molar refractivity (Wildman–Crippen MR) is 65.8 cm³/mol. The second-order valence-electron chi connectivity index (χ2n) is 4.53. The molecule has 0 saturated heterocycles. The van der Waals surface area contributed by atoms with Crippen LogP contribution in [0.4, 0.5) is 4.39 Å². The molecule has 0 radical (unpaired) electrons. The van der Waals surface area contributed by atoms with Crippen LogP contribution in [-0.4, -0.2) is 17.7 Å². The summed E-state index contributed by atoms with van der Waals surface area (Å²) in [4.78, 5) is 10.7. The van der Waals surface area contributed by atoms with Gasteiger partial charge in [0.15, 0.2) is 0 Å². The first-order valence-corrected chi connectivity index (χ1v) is 6.31. The highest BCUT2D eigenvalue weighted by atomic mass is 35.5. The molecule has 1 N–H and O–H groups in total. The van der Waals surface area contributed by atoms with E-state index in [4.69, 9.17) is 21.4 Å². The minimum absolute atomic E-state index is 0.131. The first-order chi connectivity index (χ1) is 8.58. The molecule has 0 spiro atoms. The first kappa shape index (κ1) is 13.1. The van der Waals surface area contributed by atoms with Crippen LogP contribution in [-0.2, 0) is 0 Å². The molecule has 0 unspecified atom stereocenters. The van der Waals surface area contributed by atoms with Crippen LogP contribution in [0, 0.1) is 11.7 Å². The Labute approximate surface area is 110 Å². The number of carboxylic acids is 1. The van der Waals surface area contributed by atoms with Crippen LogP contribution in [0.15, 0.2) is 12.1 Å². The van der Waals surface area contributed by atoms with Crippen molar-refractivity contribution in [2.75, 3.05) is 6.61 Å². The van der Waals surface area contributed by atoms with Crippen LogP contribution in [0.3, 0.4) is 0 Å². The summed E-state index contributed by atoms with van der Waals surface area (Å²) in [7, 11) is 0. The van der Waals surface area contributed by atoms with Crippen LogP contribution in [0.1, 0.15) is 36.0 Å². The zero-order valence-corrected chi connectivity index (χ0v) is 10.5. The topological polar surface area (TPSA) is 46.5 Å². The summed E-state index contributed by atoms with van der Waals surface area (Å²) in [6, 6.07) is 2.13. The molecule has 0 amide bonds. The zero-order chi connectivity index (χ0) is 13.1. The molecule has 1 aliphatic rings. The highest BCUT2D eigenvalue weighted by Crippen LogP contribution is 2.30. The molecule has 1 saturated carbocycles. The van der Waals surface area contributed by atoms with Crippen molar-refractivity contribution in [3.8, 4) is 5.75 Å². The van der Waals surface area contributed by atoms with E-state index in [0.29, 0.717) is 12.5 Å². The molecule has 98 valence electrons. The third-order valence-corrected chi connectivity index (χ3v) is 3.50. The molecule has 1 aliphatic carbocycles. The van der Waals surface area contributed by atoms with Crippen molar-refractivity contribution >= 4 is 17.6 Å². The molecule has 1 aromatic rings. The maximum atomic E-state index is 13.5. The summed E-state index contributed by atoms with van der Waals surface area (Å²) in [5.41, 5.74) is -0.437. The van der Waals surface area contributed by atoms with Gasteiger partial charge in [-0.25, -0.2) is 9.18 Å². The van der Waals surface area contributed by atoms with Crippen LogP contribution < -0.4 is 4.74 Å². The summed E-state index contributed by atoms with van der Waals surface area (Å²) in [5, 5.41) is 8.88. The normalized spacial score (nSPS) is 15.9. The van der Waals surface area contributed by atoms with Gasteiger partial charge in [-0.05, 0) is 24.8 Å². The van der Waals surface area contributed by atoms with Crippen molar-refractivity contribution in [3.05, 3.63) is 28.5 Å². The molecule has 5 heteroatoms. The smallest absolute Gasteiger partial charge is 0.338 e. The zero-order valence-electron chi connectivity index (χ0n) is 9.79. The Kier molecular flexibility index (Phi) is 4.07. The molecule has 1 aromatic carbocycles. The van der Waals surface area contributed by atoms with Gasteiger partial charge in [0.25, 0.3) is 0 Å². The average molecular weight is 273 g/mol. The fourth-order valence-corrected chi connectivity index (χ4v) is 2.41. The third-order valence-electron chi connectivity index (χ3n) is 3.20. The fraction of sp³-hybridized carbons (Fsp3) is 0.462. The van der Waals surface area contributed by atoms with Crippen molar-refractivity contribution < 1.29 is 19.0 Å². The van der Waals surface area contributed by atoms with Crippen LogP contribution in [0.25, 0.3) is 0 Å². The van der Waals surface area contributed by atoms with Gasteiger partial charge < -0.3 is 9.84 Å². The molecule has 18 heavy (non-hydrogen) atoms. The maximum Gasteiger partial charge on any atom is 0.338 e. The molecule has 3 nitrogen and oxygen atoms in total. The van der Waals surface area contributed by atoms with Crippen molar-refractivity contribution in [2.24, 2.45) is 5.92 Å². The molecule has 0 atom stereocenters. The van der Waals surface area contributed by atoms with Gasteiger partial charge in [-0.3, -0.25) is 0 Å². The van der Waals surface area contributed by atoms with Crippen LogP contribution >= 0.6 is 11.6 Å². The molecule has 1 fully saturated rings. The number of hydrogen-bond acceptors (Lipinski definition) is 2. The Morgan fingerprint density at radius 3 is 2.72 bits per heavy atom. The Balaban J connectivity index is 2.08. The number of carbonyl (C=O) groups is 1. The first-order valence-electron chi connectivity index (χ1n) is 5.93. The van der Waals surface area contributed by atoms with Gasteiger partial charge in [-0.1, -0.05) is 24.4 Å². The molecule has 0 aliphatic heterocycles. The quantitative estimate of drug-likeness (QED) is 0.908. The summed E-state index contributed by atoms with van der Waals surface area (Å²) < 4.78 is 18.9. The van der Waals surface area contributed by atoms with Crippen LogP contribution in [0.2, 0.25) is 5.02 Å². The second kappa shape index (κ2) is 5.57. The Morgan fingerprint density at radius 2 is 2.11 bits per heavy atom. The van der Waals surface area contributed by atoms with E-state index in [0.717, 1.165) is 25.0 Å². The maximum absolute atomic E-state index is 13.5. The fourth-order valence-electron chi connectivity index (χ4n) is 2.19. The molecule has 0 bridgehead atoms. The predicted octanol–water partition coefficient (Wildman–Crippen LogP) is 3.75. The van der Waals surface area contributed by atoms with E-state index in [1.54, 1.807) is 0 Å². The van der Waals surface area contributed by atoms with Crippen molar-refractivity contribution in [1.82, 2.24) is 0 Å². The van der Waals surface area contributed by atoms with Crippen LogP contribution in [0.5, 0.6) is 5.75 Å². The third kappa shape index (κ3) is 2.93. The Bertz CT molecular complexity index is 456. The van der Waals surface area contributed by atoms with E-state index < -0.39 is 17.3 Å². The average Bonchev–Trinajstić information content (AvgIpc) is 2.82. The van der Waals surface area contributed by atoms with E-state index in [2.05, 4.69) is 0 Å². The van der Waals surface area contributed by atoms with Gasteiger partial charge in [-0.2, -0.15) is 0 Å². The summed E-state index contributed by atoms with van der Waals surface area (Å²) >= 11 is 5.88. The molecule has 0 heterocycles. The van der Waals surface area contributed by atoms with E-state index in [-0.39, 0.29) is 10.8 Å². The number of aromatic carboxylic acids is 1. The van der Waals surface area contributed by atoms with Gasteiger partial charge in [0.05, 0.1) is 17.2 Å². The van der Waals surface area contributed by atoms with E-state index >= 15 is 0 Å². The number of carboxylic acid groups (broad SMARTS) is 1. The SMILES string of the molecule is O=C(O)c1cc(Cl)c(OCC2CCCC2)cc1F. The van der Waals surface area contributed by atoms with E-state index in [9.17, 15) is 9.18 Å². The number of halogens is 2. The van der Waals surface area contributed by atoms with Crippen molar-refractivity contribution in [1.29, 1.82) is 0 Å². The number of hydrogen-bond donors (Lipinski definition) is 1. The largest absolute Gasteiger partial charge is 0.492 e. The highest BCUT2D eigenvalue weighted by molar-refractivity contribution is 6.32. The van der Waals surface area contributed by atoms with E-state index in [1.807, 2.05) is 0 Å². The summed E-state index contributed by atoms with van der Waals surface area (Å²) in [6.45, 7) is 0.506. The summed E-state index contributed by atoms with van der Waals surface area (Å²) in [6.07, 6.45) is 4.64. The molecule has 0 aromatic heterocycles. The Morgan fingerprint density at radius 1 is 1.44 bits per heavy atom. The van der Waals surface area contributed by atoms with Gasteiger partial charge in [0.2, 0.25) is 0 Å². The lowest BCUT2D eigenvalue weighted by Crippen LogP contribution is -2.09. The Hall–Kier alpha value is -1.29. The minimum Gasteiger partial charge on any atom is -0.492 e. The van der Waals surface area contributed by atoms with Gasteiger partial charge in [-0.15, -0.1) is 0 Å². The van der Waals surface area contributed by atoms with Gasteiger partial charge in [0, 0.05) is 6.07 Å². The van der Waals surface area contributed by atoms with Gasteiger partial charge >= 0.3 is 5.97 Å². The number of rotatable bonds is 4. The summed E-state index contributed by atoms with van der Waals surface area (Å²) in [5.74, 6) is -1.46. The lowest BCUT2D eigenvalue weighted by molar-refractivity contribution is 0.0692. The van der Waals surface area contributed by atoms with Crippen molar-refractivity contribution in [2.45, 2.75) is 25.7 Å². The molecular formula is C13H14ClFO3. The molecular weight excluding hydrogens is 259 g/mol. The lowest BCUT2D eigenvalue weighted by atomic mass is 10.1. The van der Waals surface area contributed by atoms with Gasteiger partial charge in [0.1, 0.15) is 11.6 Å². The monoisotopic (exact) mass is 272 g/mol. The number of ether oxygens (including phenoxy) is 1. The minimum atomic E-state index is -1.34. The molecule has 2 rings (SSSR count). The highest BCUT2D eigenvalue weighted by Gasteiger charge is 2.18. The standard InChI is InChI=1S/C13H14ClFO3/c14-10-5-9(13(16)17)11(15)6-12(10)18-7-8-3-1-2-4-8/h5-6,8H,1-4,7H2,(H,16,17).